The predicted octanol–water partition coefficient (Wildman–Crippen LogP) is 3.42. The van der Waals surface area contributed by atoms with Crippen LogP contribution in [0.1, 0.15) is 17.5 Å². The third-order valence-electron chi connectivity index (χ3n) is 5.23. The normalized spacial score (nSPS) is 16.6. The van der Waals surface area contributed by atoms with E-state index in [0.717, 1.165) is 24.1 Å². The van der Waals surface area contributed by atoms with E-state index in [1.807, 2.05) is 46.0 Å². The SMILES string of the molecule is O=C(NCc1ccccc1-n1ccnc1)N1CCOC(CCc2ccccc2)C1. The molecule has 1 unspecified atom stereocenters. The minimum atomic E-state index is -0.0431. The third-order valence-corrected chi connectivity index (χ3v) is 5.23. The fourth-order valence-corrected chi connectivity index (χ4v) is 3.65. The molecular formula is C23H26N4O2. The van der Waals surface area contributed by atoms with Crippen molar-refractivity contribution in [1.29, 1.82) is 0 Å². The molecule has 1 atom stereocenters. The Balaban J connectivity index is 1.31. The van der Waals surface area contributed by atoms with Crippen LogP contribution in [0.25, 0.3) is 5.69 Å². The van der Waals surface area contributed by atoms with Crippen LogP contribution in [0.15, 0.2) is 73.3 Å². The van der Waals surface area contributed by atoms with Gasteiger partial charge in [0.2, 0.25) is 0 Å². The van der Waals surface area contributed by atoms with E-state index in [4.69, 9.17) is 4.74 Å². The van der Waals surface area contributed by atoms with Crippen LogP contribution in [0, 0.1) is 0 Å². The highest BCUT2D eigenvalue weighted by atomic mass is 16.5. The standard InChI is InChI=1S/C23H26N4O2/c28-23(25-16-20-8-4-5-9-22(20)27-13-12-24-18-27)26-14-15-29-21(17-26)11-10-19-6-2-1-3-7-19/h1-9,12-13,18,21H,10-11,14-17H2,(H,25,28). The van der Waals surface area contributed by atoms with Gasteiger partial charge in [-0.2, -0.15) is 0 Å². The Bertz CT molecular complexity index is 912. The molecule has 1 saturated heterocycles. The first kappa shape index (κ1) is 19.2. The quantitative estimate of drug-likeness (QED) is 0.702. The van der Waals surface area contributed by atoms with Gasteiger partial charge < -0.3 is 19.5 Å². The number of hydrogen-bond donors (Lipinski definition) is 1. The van der Waals surface area contributed by atoms with Crippen molar-refractivity contribution in [2.75, 3.05) is 19.7 Å². The molecule has 1 N–H and O–H groups in total. The summed E-state index contributed by atoms with van der Waals surface area (Å²) in [6.07, 6.45) is 7.36. The maximum Gasteiger partial charge on any atom is 0.317 e. The number of nitrogens with zero attached hydrogens (tertiary/aromatic N) is 3. The molecular weight excluding hydrogens is 364 g/mol. The van der Waals surface area contributed by atoms with E-state index in [9.17, 15) is 4.79 Å². The highest BCUT2D eigenvalue weighted by Gasteiger charge is 2.24. The minimum absolute atomic E-state index is 0.0431. The van der Waals surface area contributed by atoms with E-state index in [0.29, 0.717) is 26.2 Å². The van der Waals surface area contributed by atoms with Gasteiger partial charge in [-0.05, 0) is 30.0 Å². The van der Waals surface area contributed by atoms with Crippen LogP contribution >= 0.6 is 0 Å². The molecule has 29 heavy (non-hydrogen) atoms. The predicted molar refractivity (Wildman–Crippen MR) is 112 cm³/mol. The van der Waals surface area contributed by atoms with E-state index in [2.05, 4.69) is 34.6 Å². The Morgan fingerprint density at radius 1 is 1.14 bits per heavy atom. The number of imidazole rings is 1. The monoisotopic (exact) mass is 390 g/mol. The zero-order chi connectivity index (χ0) is 19.9. The molecule has 0 aliphatic carbocycles. The van der Waals surface area contributed by atoms with Gasteiger partial charge in [-0.3, -0.25) is 0 Å². The Morgan fingerprint density at radius 2 is 1.97 bits per heavy atom. The van der Waals surface area contributed by atoms with Gasteiger partial charge in [-0.1, -0.05) is 48.5 Å². The molecule has 6 nitrogen and oxygen atoms in total. The zero-order valence-corrected chi connectivity index (χ0v) is 16.4. The molecule has 0 bridgehead atoms. The summed E-state index contributed by atoms with van der Waals surface area (Å²) < 4.78 is 7.83. The molecule has 0 spiro atoms. The summed E-state index contributed by atoms with van der Waals surface area (Å²) in [6.45, 7) is 2.30. The highest BCUT2D eigenvalue weighted by molar-refractivity contribution is 5.74. The third kappa shape index (κ3) is 5.03. The van der Waals surface area contributed by atoms with E-state index in [1.165, 1.54) is 5.56 Å². The van der Waals surface area contributed by atoms with Gasteiger partial charge in [-0.15, -0.1) is 0 Å². The number of aromatic nitrogens is 2. The molecule has 1 aliphatic heterocycles. The van der Waals surface area contributed by atoms with Crippen LogP contribution in [0.3, 0.4) is 0 Å². The Kier molecular flexibility index (Phi) is 6.22. The zero-order valence-electron chi connectivity index (χ0n) is 16.4. The van der Waals surface area contributed by atoms with Gasteiger partial charge in [0.15, 0.2) is 0 Å². The number of hydrogen-bond acceptors (Lipinski definition) is 3. The van der Waals surface area contributed by atoms with E-state index in [-0.39, 0.29) is 12.1 Å². The lowest BCUT2D eigenvalue weighted by molar-refractivity contribution is -0.0176. The summed E-state index contributed by atoms with van der Waals surface area (Å²) in [6, 6.07) is 18.4. The first-order valence-corrected chi connectivity index (χ1v) is 10.0. The lowest BCUT2D eigenvalue weighted by atomic mass is 10.1. The number of para-hydroxylation sites is 1. The molecule has 2 amide bonds. The van der Waals surface area contributed by atoms with Crippen LogP contribution in [-0.4, -0.2) is 46.3 Å². The molecule has 3 aromatic rings. The van der Waals surface area contributed by atoms with Crippen molar-refractivity contribution in [1.82, 2.24) is 19.8 Å². The highest BCUT2D eigenvalue weighted by Crippen LogP contribution is 2.15. The Labute approximate surface area is 171 Å². The second kappa shape index (κ2) is 9.39. The Morgan fingerprint density at radius 3 is 2.79 bits per heavy atom. The molecule has 0 saturated carbocycles. The van der Waals surface area contributed by atoms with Crippen LogP contribution in [0.2, 0.25) is 0 Å². The maximum atomic E-state index is 12.7. The molecule has 1 aromatic heterocycles. The van der Waals surface area contributed by atoms with Crippen LogP contribution in [0.5, 0.6) is 0 Å². The van der Waals surface area contributed by atoms with E-state index in [1.54, 1.807) is 12.5 Å². The van der Waals surface area contributed by atoms with Crippen molar-refractivity contribution in [3.05, 3.63) is 84.4 Å². The second-order valence-corrected chi connectivity index (χ2v) is 7.22. The number of benzene rings is 2. The summed E-state index contributed by atoms with van der Waals surface area (Å²) in [5.41, 5.74) is 3.37. The fraction of sp³-hybridized carbons (Fsp3) is 0.304. The van der Waals surface area contributed by atoms with E-state index < -0.39 is 0 Å². The largest absolute Gasteiger partial charge is 0.375 e. The number of morpholine rings is 1. The van der Waals surface area contributed by atoms with Gasteiger partial charge >= 0.3 is 6.03 Å². The number of carbonyl (C=O) groups is 1. The molecule has 2 heterocycles. The van der Waals surface area contributed by atoms with Gasteiger partial charge in [-0.25, -0.2) is 9.78 Å². The summed E-state index contributed by atoms with van der Waals surface area (Å²) in [7, 11) is 0. The molecule has 6 heteroatoms. The molecule has 1 fully saturated rings. The van der Waals surface area contributed by atoms with Crippen molar-refractivity contribution in [3.63, 3.8) is 0 Å². The maximum absolute atomic E-state index is 12.7. The van der Waals surface area contributed by atoms with Crippen molar-refractivity contribution in [2.24, 2.45) is 0 Å². The molecule has 2 aromatic carbocycles. The smallest absolute Gasteiger partial charge is 0.317 e. The van der Waals surface area contributed by atoms with Crippen molar-refractivity contribution in [2.45, 2.75) is 25.5 Å². The molecule has 1 aliphatic rings. The average molecular weight is 390 g/mol. The van der Waals surface area contributed by atoms with Crippen molar-refractivity contribution >= 4 is 6.03 Å². The van der Waals surface area contributed by atoms with Crippen molar-refractivity contribution < 1.29 is 9.53 Å². The van der Waals surface area contributed by atoms with Crippen LogP contribution < -0.4 is 5.32 Å². The van der Waals surface area contributed by atoms with Crippen LogP contribution in [0.4, 0.5) is 4.79 Å². The Hall–Kier alpha value is -3.12. The fourth-order valence-electron chi connectivity index (χ4n) is 3.65. The molecule has 0 radical (unpaired) electrons. The first-order valence-electron chi connectivity index (χ1n) is 10.0. The lowest BCUT2D eigenvalue weighted by Gasteiger charge is -2.33. The van der Waals surface area contributed by atoms with Crippen LogP contribution in [-0.2, 0) is 17.7 Å². The van der Waals surface area contributed by atoms with Crippen molar-refractivity contribution in [3.8, 4) is 5.69 Å². The van der Waals surface area contributed by atoms with E-state index >= 15 is 0 Å². The molecule has 4 rings (SSSR count). The van der Waals surface area contributed by atoms with Gasteiger partial charge in [0.05, 0.1) is 24.7 Å². The number of rotatable bonds is 6. The number of nitrogens with one attached hydrogen (secondary N) is 1. The topological polar surface area (TPSA) is 59.4 Å². The summed E-state index contributed by atoms with van der Waals surface area (Å²) in [5, 5.41) is 3.06. The number of amides is 2. The average Bonchev–Trinajstić information content (AvgIpc) is 3.32. The van der Waals surface area contributed by atoms with Gasteiger partial charge in [0.25, 0.3) is 0 Å². The van der Waals surface area contributed by atoms with Gasteiger partial charge in [0.1, 0.15) is 0 Å². The second-order valence-electron chi connectivity index (χ2n) is 7.22. The summed E-state index contributed by atoms with van der Waals surface area (Å²) in [4.78, 5) is 18.7. The number of carbonyl (C=O) groups excluding carboxylic acids is 1. The summed E-state index contributed by atoms with van der Waals surface area (Å²) >= 11 is 0. The molecule has 150 valence electrons. The van der Waals surface area contributed by atoms with Gasteiger partial charge in [0, 0.05) is 32.0 Å². The minimum Gasteiger partial charge on any atom is -0.375 e. The summed E-state index contributed by atoms with van der Waals surface area (Å²) in [5.74, 6) is 0. The number of aryl methyl sites for hydroxylation is 1. The number of ether oxygens (including phenoxy) is 1. The lowest BCUT2D eigenvalue weighted by Crippen LogP contribution is -2.49. The first-order chi connectivity index (χ1) is 14.3. The number of urea groups is 1.